The molecule has 0 saturated carbocycles. The highest BCUT2D eigenvalue weighted by Crippen LogP contribution is 2.17. The Morgan fingerprint density at radius 3 is 2.64 bits per heavy atom. The van der Waals surface area contributed by atoms with Crippen LogP contribution in [-0.4, -0.2) is 35.9 Å². The molecule has 0 aliphatic carbocycles. The van der Waals surface area contributed by atoms with Crippen molar-refractivity contribution in [3.05, 3.63) is 71.5 Å². The van der Waals surface area contributed by atoms with E-state index in [1.165, 1.54) is 23.3 Å². The van der Waals surface area contributed by atoms with Crippen LogP contribution in [0.3, 0.4) is 0 Å². The van der Waals surface area contributed by atoms with Gasteiger partial charge in [0.2, 0.25) is 5.91 Å². The first-order valence-electron chi connectivity index (χ1n) is 8.40. The van der Waals surface area contributed by atoms with Gasteiger partial charge in [0.25, 0.3) is 5.56 Å². The second kappa shape index (κ2) is 7.27. The van der Waals surface area contributed by atoms with E-state index in [1.807, 2.05) is 0 Å². The number of benzene rings is 1. The van der Waals surface area contributed by atoms with Crippen LogP contribution in [-0.2, 0) is 4.79 Å². The molecule has 0 spiro atoms. The maximum atomic E-state index is 12.6. The molecule has 1 atom stereocenters. The van der Waals surface area contributed by atoms with E-state index in [0.717, 1.165) is 10.4 Å². The van der Waals surface area contributed by atoms with Gasteiger partial charge in [-0.3, -0.25) is 9.59 Å². The summed E-state index contributed by atoms with van der Waals surface area (Å²) in [6.07, 6.45) is 2.99. The molecule has 0 saturated heterocycles. The van der Waals surface area contributed by atoms with E-state index in [1.54, 1.807) is 49.4 Å². The van der Waals surface area contributed by atoms with E-state index < -0.39 is 6.04 Å². The van der Waals surface area contributed by atoms with Crippen LogP contribution < -0.4 is 10.9 Å². The summed E-state index contributed by atoms with van der Waals surface area (Å²) >= 11 is 0. The average Bonchev–Trinajstić information content (AvgIpc) is 3.42. The van der Waals surface area contributed by atoms with E-state index in [9.17, 15) is 9.59 Å². The number of hydrogen-bond acceptors (Lipinski definition) is 7. The van der Waals surface area contributed by atoms with Crippen molar-refractivity contribution in [2.45, 2.75) is 13.0 Å². The van der Waals surface area contributed by atoms with Crippen LogP contribution in [0.1, 0.15) is 13.0 Å². The van der Waals surface area contributed by atoms with Crippen LogP contribution in [0.25, 0.3) is 17.1 Å². The Bertz CT molecular complexity index is 1130. The maximum Gasteiger partial charge on any atom is 0.267 e. The van der Waals surface area contributed by atoms with Crippen LogP contribution in [0.2, 0.25) is 0 Å². The molecule has 10 heteroatoms. The van der Waals surface area contributed by atoms with Gasteiger partial charge in [0, 0.05) is 11.8 Å². The van der Waals surface area contributed by atoms with Gasteiger partial charge in [-0.25, -0.2) is 9.36 Å². The minimum absolute atomic E-state index is 0.374. The highest BCUT2D eigenvalue weighted by molar-refractivity contribution is 5.93. The van der Waals surface area contributed by atoms with Gasteiger partial charge in [-0.2, -0.15) is 5.10 Å². The number of nitrogens with one attached hydrogen (secondary N) is 1. The second-order valence-corrected chi connectivity index (χ2v) is 5.95. The molecule has 1 N–H and O–H groups in total. The molecule has 140 valence electrons. The topological polar surface area (TPSA) is 121 Å². The smallest absolute Gasteiger partial charge is 0.267 e. The Morgan fingerprint density at radius 2 is 1.96 bits per heavy atom. The zero-order valence-electron chi connectivity index (χ0n) is 14.8. The molecule has 3 aromatic heterocycles. The monoisotopic (exact) mass is 377 g/mol. The first kappa shape index (κ1) is 17.3. The van der Waals surface area contributed by atoms with Gasteiger partial charge in [0.05, 0.1) is 12.0 Å². The number of tetrazole rings is 1. The van der Waals surface area contributed by atoms with Gasteiger partial charge in [0.15, 0.2) is 5.76 Å². The van der Waals surface area contributed by atoms with Gasteiger partial charge in [-0.05, 0) is 59.8 Å². The van der Waals surface area contributed by atoms with Crippen molar-refractivity contribution >= 4 is 11.6 Å². The van der Waals surface area contributed by atoms with Crippen molar-refractivity contribution in [3.63, 3.8) is 0 Å². The highest BCUT2D eigenvalue weighted by atomic mass is 16.3. The van der Waals surface area contributed by atoms with Crippen molar-refractivity contribution in [1.29, 1.82) is 0 Å². The number of furan rings is 1. The maximum absolute atomic E-state index is 12.6. The molecule has 3 heterocycles. The van der Waals surface area contributed by atoms with Crippen LogP contribution in [0, 0.1) is 0 Å². The Balaban J connectivity index is 1.52. The summed E-state index contributed by atoms with van der Waals surface area (Å²) in [5, 5.41) is 18.0. The molecule has 10 nitrogen and oxygen atoms in total. The lowest BCUT2D eigenvalue weighted by molar-refractivity contribution is -0.119. The first-order chi connectivity index (χ1) is 13.6. The summed E-state index contributed by atoms with van der Waals surface area (Å²) in [7, 11) is 0. The molecule has 1 amide bonds. The number of hydrogen-bond donors (Lipinski definition) is 1. The molecule has 4 aromatic rings. The van der Waals surface area contributed by atoms with Gasteiger partial charge in [-0.1, -0.05) is 0 Å². The predicted molar refractivity (Wildman–Crippen MR) is 98.7 cm³/mol. The molecule has 0 aliphatic heterocycles. The van der Waals surface area contributed by atoms with Crippen molar-refractivity contribution in [3.8, 4) is 17.1 Å². The molecule has 0 aliphatic rings. The zero-order chi connectivity index (χ0) is 19.5. The van der Waals surface area contributed by atoms with Gasteiger partial charge >= 0.3 is 0 Å². The number of anilines is 1. The summed E-state index contributed by atoms with van der Waals surface area (Å²) < 4.78 is 7.92. The normalized spacial score (nSPS) is 11.9. The SMILES string of the molecule is CC(C(=O)Nc1ccc(-n2cnnn2)cc1)n1nc(-c2ccco2)ccc1=O. The van der Waals surface area contributed by atoms with Crippen LogP contribution in [0.4, 0.5) is 5.69 Å². The minimum atomic E-state index is -0.818. The van der Waals surface area contributed by atoms with E-state index >= 15 is 0 Å². The molecule has 0 bridgehead atoms. The summed E-state index contributed by atoms with van der Waals surface area (Å²) in [5.41, 5.74) is 1.41. The predicted octanol–water partition coefficient (Wildman–Crippen LogP) is 1.68. The van der Waals surface area contributed by atoms with Gasteiger partial charge < -0.3 is 9.73 Å². The number of nitrogens with zero attached hydrogens (tertiary/aromatic N) is 6. The Labute approximate surface area is 158 Å². The summed E-state index contributed by atoms with van der Waals surface area (Å²) in [4.78, 5) is 24.8. The van der Waals surface area contributed by atoms with Crippen LogP contribution in [0.15, 0.2) is 70.3 Å². The quantitative estimate of drug-likeness (QED) is 0.561. The lowest BCUT2D eigenvalue weighted by atomic mass is 10.2. The molecular formula is C18H15N7O3. The van der Waals surface area contributed by atoms with E-state index in [4.69, 9.17) is 4.42 Å². The van der Waals surface area contributed by atoms with Gasteiger partial charge in [-0.15, -0.1) is 5.10 Å². The zero-order valence-corrected chi connectivity index (χ0v) is 14.8. The average molecular weight is 377 g/mol. The van der Waals surface area contributed by atoms with E-state index in [2.05, 4.69) is 25.9 Å². The third kappa shape index (κ3) is 3.43. The summed E-state index contributed by atoms with van der Waals surface area (Å²) in [6, 6.07) is 12.5. The van der Waals surface area contributed by atoms with Crippen molar-refractivity contribution in [2.24, 2.45) is 0 Å². The fraction of sp³-hybridized carbons (Fsp3) is 0.111. The minimum Gasteiger partial charge on any atom is -0.463 e. The van der Waals surface area contributed by atoms with Crippen molar-refractivity contribution < 1.29 is 9.21 Å². The molecule has 4 rings (SSSR count). The largest absolute Gasteiger partial charge is 0.463 e. The van der Waals surface area contributed by atoms with Crippen molar-refractivity contribution in [1.82, 2.24) is 30.0 Å². The Kier molecular flexibility index (Phi) is 4.50. The number of carbonyl (C=O) groups is 1. The Morgan fingerprint density at radius 1 is 1.14 bits per heavy atom. The van der Waals surface area contributed by atoms with Crippen LogP contribution in [0.5, 0.6) is 0 Å². The Hall–Kier alpha value is -4.08. The van der Waals surface area contributed by atoms with Gasteiger partial charge in [0.1, 0.15) is 18.1 Å². The van der Waals surface area contributed by atoms with E-state index in [-0.39, 0.29) is 11.5 Å². The standard InChI is InChI=1S/C18H15N7O3/c1-12(25-17(26)9-8-15(21-25)16-3-2-10-28-16)18(27)20-13-4-6-14(7-5-13)24-11-19-22-23-24/h2-12H,1H3,(H,20,27). The lowest BCUT2D eigenvalue weighted by Gasteiger charge is -2.14. The second-order valence-electron chi connectivity index (χ2n) is 5.95. The lowest BCUT2D eigenvalue weighted by Crippen LogP contribution is -2.33. The molecular weight excluding hydrogens is 362 g/mol. The van der Waals surface area contributed by atoms with Crippen LogP contribution >= 0.6 is 0 Å². The molecule has 0 radical (unpaired) electrons. The summed E-state index contributed by atoms with van der Waals surface area (Å²) in [6.45, 7) is 1.60. The molecule has 1 aromatic carbocycles. The third-order valence-corrected chi connectivity index (χ3v) is 4.09. The molecule has 1 unspecified atom stereocenters. The number of rotatable bonds is 5. The van der Waals surface area contributed by atoms with Crippen molar-refractivity contribution in [2.75, 3.05) is 5.32 Å². The number of amides is 1. The number of aromatic nitrogens is 6. The first-order valence-corrected chi connectivity index (χ1v) is 8.40. The molecule has 28 heavy (non-hydrogen) atoms. The van der Waals surface area contributed by atoms with E-state index in [0.29, 0.717) is 17.1 Å². The fourth-order valence-corrected chi connectivity index (χ4v) is 2.59. The third-order valence-electron chi connectivity index (χ3n) is 4.09. The molecule has 0 fully saturated rings. The number of carbonyl (C=O) groups excluding carboxylic acids is 1. The fourth-order valence-electron chi connectivity index (χ4n) is 2.59. The summed E-state index contributed by atoms with van der Waals surface area (Å²) in [5.74, 6) is 0.140. The highest BCUT2D eigenvalue weighted by Gasteiger charge is 2.19.